The fourth-order valence-electron chi connectivity index (χ4n) is 2.35. The summed E-state index contributed by atoms with van der Waals surface area (Å²) in [4.78, 5) is 3.91. The molecule has 0 atom stereocenters. The van der Waals surface area contributed by atoms with Gasteiger partial charge >= 0.3 is 0 Å². The molecule has 0 amide bonds. The van der Waals surface area contributed by atoms with E-state index in [2.05, 4.69) is 10.3 Å². The van der Waals surface area contributed by atoms with Gasteiger partial charge in [0.25, 0.3) is 0 Å². The van der Waals surface area contributed by atoms with E-state index in [0.717, 1.165) is 18.4 Å². The zero-order valence-corrected chi connectivity index (χ0v) is 11.1. The molecule has 0 radical (unpaired) electrons. The van der Waals surface area contributed by atoms with Gasteiger partial charge in [0.1, 0.15) is 10.3 Å². The molecule has 1 aromatic rings. The zero-order chi connectivity index (χ0) is 12.3. The fourth-order valence-corrected chi connectivity index (χ4v) is 2.85. The lowest BCUT2D eigenvalue weighted by Crippen LogP contribution is -2.45. The second-order valence-electron chi connectivity index (χ2n) is 4.62. The van der Waals surface area contributed by atoms with Crippen molar-refractivity contribution in [2.75, 3.05) is 6.61 Å². The van der Waals surface area contributed by atoms with Gasteiger partial charge in [0, 0.05) is 12.1 Å². The molecular weight excluding hydrogens is 259 g/mol. The Morgan fingerprint density at radius 3 is 2.35 bits per heavy atom. The molecule has 1 aliphatic rings. The Morgan fingerprint density at radius 1 is 1.24 bits per heavy atom. The van der Waals surface area contributed by atoms with Crippen molar-refractivity contribution in [2.24, 2.45) is 0 Å². The van der Waals surface area contributed by atoms with Crippen molar-refractivity contribution in [3.8, 4) is 0 Å². The molecule has 2 rings (SSSR count). The fraction of sp³-hybridized carbons (Fsp3) is 0.583. The normalized spacial score (nSPS) is 18.5. The predicted molar refractivity (Wildman–Crippen MR) is 69.4 cm³/mol. The molecular formula is C12H16Cl2N2O. The van der Waals surface area contributed by atoms with Gasteiger partial charge in [-0.2, -0.15) is 0 Å². The van der Waals surface area contributed by atoms with Crippen LogP contribution >= 0.6 is 23.2 Å². The highest BCUT2D eigenvalue weighted by atomic mass is 35.5. The smallest absolute Gasteiger partial charge is 0.131 e. The lowest BCUT2D eigenvalue weighted by Gasteiger charge is -2.28. The van der Waals surface area contributed by atoms with Crippen LogP contribution in [0.2, 0.25) is 10.3 Å². The van der Waals surface area contributed by atoms with E-state index in [4.69, 9.17) is 23.2 Å². The van der Waals surface area contributed by atoms with Crippen LogP contribution in [0.1, 0.15) is 31.2 Å². The number of hydrogen-bond donors (Lipinski definition) is 2. The molecule has 0 spiro atoms. The first kappa shape index (κ1) is 13.1. The molecule has 1 fully saturated rings. The third kappa shape index (κ3) is 3.32. The first-order chi connectivity index (χ1) is 8.13. The molecule has 0 unspecified atom stereocenters. The lowest BCUT2D eigenvalue weighted by molar-refractivity contribution is 0.163. The molecule has 1 heterocycles. The van der Waals surface area contributed by atoms with Crippen molar-refractivity contribution in [2.45, 2.75) is 37.8 Å². The highest BCUT2D eigenvalue weighted by molar-refractivity contribution is 6.32. The van der Waals surface area contributed by atoms with Gasteiger partial charge in [0.05, 0.1) is 6.61 Å². The minimum Gasteiger partial charge on any atom is -0.394 e. The first-order valence-corrected chi connectivity index (χ1v) is 6.57. The Bertz CT molecular complexity index is 372. The summed E-state index contributed by atoms with van der Waals surface area (Å²) in [6.45, 7) is 0.835. The second kappa shape index (κ2) is 5.53. The van der Waals surface area contributed by atoms with Crippen LogP contribution in [0.25, 0.3) is 0 Å². The SMILES string of the molecule is OCC1(NCc2cc(Cl)nc(Cl)c2)CCCC1. The van der Waals surface area contributed by atoms with E-state index < -0.39 is 0 Å². The molecule has 1 saturated carbocycles. The monoisotopic (exact) mass is 274 g/mol. The maximum atomic E-state index is 9.48. The molecule has 2 N–H and O–H groups in total. The van der Waals surface area contributed by atoms with Crippen molar-refractivity contribution >= 4 is 23.2 Å². The quantitative estimate of drug-likeness (QED) is 0.830. The van der Waals surface area contributed by atoms with Crippen LogP contribution in [0.3, 0.4) is 0 Å². The van der Waals surface area contributed by atoms with Gasteiger partial charge in [-0.25, -0.2) is 4.98 Å². The highest BCUT2D eigenvalue weighted by Crippen LogP contribution is 2.29. The topological polar surface area (TPSA) is 45.1 Å². The average Bonchev–Trinajstić information content (AvgIpc) is 2.74. The molecule has 0 aliphatic heterocycles. The molecule has 94 valence electrons. The third-order valence-electron chi connectivity index (χ3n) is 3.35. The minimum absolute atomic E-state index is 0.123. The molecule has 17 heavy (non-hydrogen) atoms. The number of pyridine rings is 1. The summed E-state index contributed by atoms with van der Waals surface area (Å²) in [5.41, 5.74) is 0.872. The van der Waals surface area contributed by atoms with Crippen molar-refractivity contribution in [1.82, 2.24) is 10.3 Å². The number of nitrogens with zero attached hydrogens (tertiary/aromatic N) is 1. The standard InChI is InChI=1S/C12H16Cl2N2O/c13-10-5-9(6-11(14)16-10)7-15-12(8-17)3-1-2-4-12/h5-6,15,17H,1-4,7-8H2. The maximum Gasteiger partial charge on any atom is 0.131 e. The van der Waals surface area contributed by atoms with Gasteiger partial charge in [-0.3, -0.25) is 0 Å². The van der Waals surface area contributed by atoms with Crippen LogP contribution in [0, 0.1) is 0 Å². The van der Waals surface area contributed by atoms with Gasteiger partial charge < -0.3 is 10.4 Å². The number of hydrogen-bond acceptors (Lipinski definition) is 3. The van der Waals surface area contributed by atoms with E-state index >= 15 is 0 Å². The lowest BCUT2D eigenvalue weighted by atomic mass is 9.98. The summed E-state index contributed by atoms with van der Waals surface area (Å²) in [7, 11) is 0. The number of aliphatic hydroxyl groups excluding tert-OH is 1. The Balaban J connectivity index is 2.01. The van der Waals surface area contributed by atoms with E-state index in [1.165, 1.54) is 12.8 Å². The molecule has 1 aliphatic carbocycles. The summed E-state index contributed by atoms with van der Waals surface area (Å²) in [5.74, 6) is 0. The van der Waals surface area contributed by atoms with E-state index in [0.29, 0.717) is 16.9 Å². The number of aromatic nitrogens is 1. The summed E-state index contributed by atoms with van der Waals surface area (Å²) < 4.78 is 0. The molecule has 1 aromatic heterocycles. The van der Waals surface area contributed by atoms with E-state index in [9.17, 15) is 5.11 Å². The van der Waals surface area contributed by atoms with E-state index in [-0.39, 0.29) is 12.1 Å². The Morgan fingerprint density at radius 2 is 1.82 bits per heavy atom. The van der Waals surface area contributed by atoms with E-state index in [1.807, 2.05) is 0 Å². The predicted octanol–water partition coefficient (Wildman–Crippen LogP) is 2.78. The van der Waals surface area contributed by atoms with Gasteiger partial charge in [-0.1, -0.05) is 36.0 Å². The molecule has 5 heteroatoms. The van der Waals surface area contributed by atoms with Gasteiger partial charge in [-0.05, 0) is 30.5 Å². The number of halogens is 2. The first-order valence-electron chi connectivity index (χ1n) is 5.81. The highest BCUT2D eigenvalue weighted by Gasteiger charge is 2.32. The Labute approximate surface area is 111 Å². The van der Waals surface area contributed by atoms with Crippen LogP contribution in [0.15, 0.2) is 12.1 Å². The molecule has 3 nitrogen and oxygen atoms in total. The Kier molecular flexibility index (Phi) is 4.26. The number of nitrogens with one attached hydrogen (secondary N) is 1. The number of rotatable bonds is 4. The van der Waals surface area contributed by atoms with Crippen LogP contribution in [-0.2, 0) is 6.54 Å². The summed E-state index contributed by atoms with van der Waals surface area (Å²) in [6.07, 6.45) is 4.39. The summed E-state index contributed by atoms with van der Waals surface area (Å²) in [6, 6.07) is 3.58. The van der Waals surface area contributed by atoms with Crippen molar-refractivity contribution < 1.29 is 5.11 Å². The van der Waals surface area contributed by atoms with Crippen molar-refractivity contribution in [3.63, 3.8) is 0 Å². The largest absolute Gasteiger partial charge is 0.394 e. The second-order valence-corrected chi connectivity index (χ2v) is 5.39. The van der Waals surface area contributed by atoms with Gasteiger partial charge in [-0.15, -0.1) is 0 Å². The zero-order valence-electron chi connectivity index (χ0n) is 9.55. The number of aliphatic hydroxyl groups is 1. The Hall–Kier alpha value is -0.350. The van der Waals surface area contributed by atoms with Gasteiger partial charge in [0.2, 0.25) is 0 Å². The van der Waals surface area contributed by atoms with Crippen LogP contribution in [-0.4, -0.2) is 22.2 Å². The summed E-state index contributed by atoms with van der Waals surface area (Å²) >= 11 is 11.7. The van der Waals surface area contributed by atoms with Crippen LogP contribution < -0.4 is 5.32 Å². The molecule has 0 saturated heterocycles. The summed E-state index contributed by atoms with van der Waals surface area (Å²) in [5, 5.41) is 13.7. The van der Waals surface area contributed by atoms with Crippen LogP contribution in [0.5, 0.6) is 0 Å². The average molecular weight is 275 g/mol. The molecule has 0 bridgehead atoms. The third-order valence-corrected chi connectivity index (χ3v) is 3.74. The minimum atomic E-state index is -0.123. The van der Waals surface area contributed by atoms with Crippen molar-refractivity contribution in [1.29, 1.82) is 0 Å². The van der Waals surface area contributed by atoms with Gasteiger partial charge in [0.15, 0.2) is 0 Å². The van der Waals surface area contributed by atoms with Crippen molar-refractivity contribution in [3.05, 3.63) is 28.0 Å². The maximum absolute atomic E-state index is 9.48. The van der Waals surface area contributed by atoms with E-state index in [1.54, 1.807) is 12.1 Å². The molecule has 0 aromatic carbocycles. The van der Waals surface area contributed by atoms with Crippen LogP contribution in [0.4, 0.5) is 0 Å².